The molecule has 1 unspecified atom stereocenters. The highest BCUT2D eigenvalue weighted by Crippen LogP contribution is 2.56. The Morgan fingerprint density at radius 1 is 0.600 bits per heavy atom. The molecular weight excluding hydrogens is 737 g/mol. The predicted octanol–water partition coefficient (Wildman–Crippen LogP) is 14.0. The Hall–Kier alpha value is -6.26. The van der Waals surface area contributed by atoms with E-state index in [1.54, 1.807) is 0 Å². The number of hydrogen-bond donors (Lipinski definition) is 0. The first-order valence-corrected chi connectivity index (χ1v) is 21.3. The summed E-state index contributed by atoms with van der Waals surface area (Å²) < 4.78 is 10.6. The van der Waals surface area contributed by atoms with Crippen LogP contribution in [0, 0.1) is 0 Å². The third kappa shape index (κ3) is 7.45. The molecule has 0 fully saturated rings. The molecule has 60 heavy (non-hydrogen) atoms. The summed E-state index contributed by atoms with van der Waals surface area (Å²) in [6, 6.07) is 41.3. The molecular formula is C56H54O4. The molecule has 0 aromatic heterocycles. The molecule has 1 atom stereocenters. The quantitative estimate of drug-likeness (QED) is 0.0341. The van der Waals surface area contributed by atoms with Crippen LogP contribution in [0.1, 0.15) is 82.1 Å². The van der Waals surface area contributed by atoms with Gasteiger partial charge in [-0.2, -0.15) is 0 Å². The smallest absolute Gasteiger partial charge is 0.330 e. The van der Waals surface area contributed by atoms with E-state index in [9.17, 15) is 9.59 Å². The zero-order valence-corrected chi connectivity index (χ0v) is 35.5. The molecule has 1 aliphatic rings. The number of carbonyl (C=O) groups is 2. The van der Waals surface area contributed by atoms with Crippen LogP contribution in [0.3, 0.4) is 0 Å². The van der Waals surface area contributed by atoms with E-state index in [0.717, 1.165) is 55.2 Å². The summed E-state index contributed by atoms with van der Waals surface area (Å²) in [7, 11) is 0. The van der Waals surface area contributed by atoms with Crippen molar-refractivity contribution >= 4 is 44.3 Å². The Bertz CT molecular complexity index is 2780. The van der Waals surface area contributed by atoms with Crippen LogP contribution in [-0.4, -0.2) is 25.2 Å². The Kier molecular flexibility index (Phi) is 11.1. The number of unbranched alkanes of at least 4 members (excludes halogenated alkanes) is 2. The van der Waals surface area contributed by atoms with Crippen LogP contribution in [0.25, 0.3) is 65.7 Å². The van der Waals surface area contributed by atoms with Crippen molar-refractivity contribution in [3.05, 3.63) is 169 Å². The maximum Gasteiger partial charge on any atom is 0.330 e. The lowest BCUT2D eigenvalue weighted by molar-refractivity contribution is -0.138. The maximum atomic E-state index is 11.9. The molecule has 0 N–H and O–H groups in total. The monoisotopic (exact) mass is 790 g/mol. The van der Waals surface area contributed by atoms with Gasteiger partial charge in [-0.15, -0.1) is 0 Å². The lowest BCUT2D eigenvalue weighted by Crippen LogP contribution is -2.27. The largest absolute Gasteiger partial charge is 0.463 e. The van der Waals surface area contributed by atoms with Gasteiger partial charge in [-0.1, -0.05) is 143 Å². The van der Waals surface area contributed by atoms with Gasteiger partial charge in [0.1, 0.15) is 0 Å². The number of rotatable bonds is 15. The first kappa shape index (κ1) is 40.5. The maximum absolute atomic E-state index is 11.9. The van der Waals surface area contributed by atoms with Gasteiger partial charge in [0.2, 0.25) is 0 Å². The third-order valence-corrected chi connectivity index (χ3v) is 12.7. The fraction of sp³-hybridized carbons (Fsp3) is 0.250. The van der Waals surface area contributed by atoms with E-state index in [4.69, 9.17) is 16.1 Å². The summed E-state index contributed by atoms with van der Waals surface area (Å²) in [6.07, 6.45) is 7.50. The second kappa shape index (κ2) is 16.4. The van der Waals surface area contributed by atoms with Gasteiger partial charge >= 0.3 is 11.9 Å². The molecule has 0 saturated heterocycles. The number of aryl methyl sites for hydroxylation is 1. The van der Waals surface area contributed by atoms with Crippen molar-refractivity contribution in [1.82, 2.24) is 0 Å². The number of allylic oxidation sites excluding steroid dienone is 1. The van der Waals surface area contributed by atoms with E-state index in [0.29, 0.717) is 13.2 Å². The minimum Gasteiger partial charge on any atom is -0.463 e. The minimum atomic E-state index is -0.443. The van der Waals surface area contributed by atoms with E-state index < -0.39 is 11.4 Å². The topological polar surface area (TPSA) is 52.6 Å². The number of ether oxygens (including phenoxy) is 2. The fourth-order valence-corrected chi connectivity index (χ4v) is 9.45. The van der Waals surface area contributed by atoms with Gasteiger partial charge in [0.25, 0.3) is 0 Å². The molecule has 0 aliphatic heterocycles. The molecule has 7 aromatic rings. The average molecular weight is 791 g/mol. The molecule has 1 aliphatic carbocycles. The normalized spacial score (nSPS) is 14.6. The molecule has 4 nitrogen and oxygen atoms in total. The molecule has 7 aromatic carbocycles. The Morgan fingerprint density at radius 2 is 1.13 bits per heavy atom. The van der Waals surface area contributed by atoms with Crippen LogP contribution < -0.4 is 0 Å². The molecule has 302 valence electrons. The Balaban J connectivity index is 1.18. The van der Waals surface area contributed by atoms with Gasteiger partial charge in [-0.25, -0.2) is 9.59 Å². The van der Waals surface area contributed by atoms with Crippen molar-refractivity contribution in [2.75, 3.05) is 13.2 Å². The fourth-order valence-electron chi connectivity index (χ4n) is 9.45. The highest BCUT2D eigenvalue weighted by atomic mass is 16.5. The molecule has 0 saturated carbocycles. The van der Waals surface area contributed by atoms with E-state index in [-0.39, 0.29) is 11.4 Å². The first-order valence-electron chi connectivity index (χ1n) is 21.3. The van der Waals surface area contributed by atoms with Crippen LogP contribution in [0.15, 0.2) is 147 Å². The molecule has 8 rings (SSSR count). The second-order valence-corrected chi connectivity index (χ2v) is 17.5. The van der Waals surface area contributed by atoms with E-state index in [1.165, 1.54) is 89.0 Å². The van der Waals surface area contributed by atoms with Gasteiger partial charge in [-0.3, -0.25) is 0 Å². The zero-order valence-electron chi connectivity index (χ0n) is 35.5. The summed E-state index contributed by atoms with van der Waals surface area (Å²) in [6.45, 7) is 21.5. The van der Waals surface area contributed by atoms with Gasteiger partial charge in [0.15, 0.2) is 0 Å². The molecule has 4 heteroatoms. The van der Waals surface area contributed by atoms with Crippen molar-refractivity contribution in [2.45, 2.75) is 77.0 Å². The number of fused-ring (bicyclic) bond motifs is 3. The summed E-state index contributed by atoms with van der Waals surface area (Å²) in [5.41, 5.74) is 13.1. The SMILES string of the molecule is C=CC(=O)OCCCCc1ccc(-c2ccc3c(c2)C(CCCCOC(=O)C=C)(C(=C)C)c2cc(-c4ccc5ccc6cc(C(C)(C)C)cc7ccc4c5c67)ccc2-3)cc1. The lowest BCUT2D eigenvalue weighted by atomic mass is 9.69. The summed E-state index contributed by atoms with van der Waals surface area (Å²) in [5, 5.41) is 7.73. The van der Waals surface area contributed by atoms with E-state index >= 15 is 0 Å². The van der Waals surface area contributed by atoms with Crippen molar-refractivity contribution in [2.24, 2.45) is 0 Å². The van der Waals surface area contributed by atoms with E-state index in [1.807, 2.05) is 0 Å². The predicted molar refractivity (Wildman–Crippen MR) is 250 cm³/mol. The summed E-state index contributed by atoms with van der Waals surface area (Å²) in [4.78, 5) is 23.3. The molecule has 0 radical (unpaired) electrons. The van der Waals surface area contributed by atoms with Gasteiger partial charge in [0.05, 0.1) is 13.2 Å². The number of hydrogen-bond acceptors (Lipinski definition) is 4. The van der Waals surface area contributed by atoms with Crippen molar-refractivity contribution < 1.29 is 19.1 Å². The van der Waals surface area contributed by atoms with Gasteiger partial charge < -0.3 is 9.47 Å². The van der Waals surface area contributed by atoms with Crippen LogP contribution in [0.5, 0.6) is 0 Å². The van der Waals surface area contributed by atoms with Crippen LogP contribution >= 0.6 is 0 Å². The van der Waals surface area contributed by atoms with Crippen molar-refractivity contribution in [3.8, 4) is 33.4 Å². The lowest BCUT2D eigenvalue weighted by Gasteiger charge is -2.34. The Morgan fingerprint density at radius 3 is 1.75 bits per heavy atom. The highest BCUT2D eigenvalue weighted by Gasteiger charge is 2.44. The highest BCUT2D eigenvalue weighted by molar-refractivity contribution is 6.25. The van der Waals surface area contributed by atoms with Crippen molar-refractivity contribution in [3.63, 3.8) is 0 Å². The molecule has 0 amide bonds. The first-order chi connectivity index (χ1) is 28.9. The number of carbonyl (C=O) groups excluding carboxylic acids is 2. The minimum absolute atomic E-state index is 0.0568. The zero-order chi connectivity index (χ0) is 42.2. The third-order valence-electron chi connectivity index (χ3n) is 12.7. The van der Waals surface area contributed by atoms with E-state index in [2.05, 4.69) is 150 Å². The Labute approximate surface area is 354 Å². The summed E-state index contributed by atoms with van der Waals surface area (Å²) in [5.74, 6) is -0.765. The van der Waals surface area contributed by atoms with Crippen molar-refractivity contribution in [1.29, 1.82) is 0 Å². The molecule has 0 bridgehead atoms. The number of benzene rings is 7. The molecule has 0 spiro atoms. The second-order valence-electron chi connectivity index (χ2n) is 17.5. The van der Waals surface area contributed by atoms with Crippen LogP contribution in [0.4, 0.5) is 0 Å². The van der Waals surface area contributed by atoms with Crippen LogP contribution in [0.2, 0.25) is 0 Å². The van der Waals surface area contributed by atoms with Crippen LogP contribution in [-0.2, 0) is 36.3 Å². The van der Waals surface area contributed by atoms with Gasteiger partial charge in [0, 0.05) is 17.6 Å². The van der Waals surface area contributed by atoms with Gasteiger partial charge in [-0.05, 0) is 151 Å². The standard InChI is InChI=1S/C56H54O4/c1-8-51(57)59-30-12-10-14-37-15-17-38(18-16-37)40-22-26-46-47-27-23-41(35-50(47)56(36(3)4,49(46)34-40)29-11-13-31-60-52(58)9-2)45-25-21-39-19-20-42-32-44(55(5,6)7)33-43-24-28-48(45)54(39)53(42)43/h8-9,15-28,32-35H,1-3,10-14,29-31H2,4-7H3. The number of esters is 2. The summed E-state index contributed by atoms with van der Waals surface area (Å²) >= 11 is 0. The molecule has 0 heterocycles. The average Bonchev–Trinajstić information content (AvgIpc) is 3.53.